The van der Waals surface area contributed by atoms with Crippen molar-refractivity contribution in [3.63, 3.8) is 0 Å². The molecule has 29 heavy (non-hydrogen) atoms. The van der Waals surface area contributed by atoms with Gasteiger partial charge in [0.2, 0.25) is 5.91 Å². The van der Waals surface area contributed by atoms with E-state index >= 15 is 0 Å². The number of hydrogen-bond acceptors (Lipinski definition) is 4. The van der Waals surface area contributed by atoms with E-state index in [1.54, 1.807) is 11.6 Å². The first-order valence-electron chi connectivity index (χ1n) is 9.72. The standard InChI is InChI=1S/C20H24N6O3/c1-22-18-17(19(28)23(2)20(22)29)26(14-21-18)13-16(27)25-10-8-24(9-11-25)12-15-6-4-3-5-7-15/h3-7,14H,8-13H2,1-2H3/p+1. The van der Waals surface area contributed by atoms with Crippen molar-refractivity contribution in [2.45, 2.75) is 13.1 Å². The number of hydrogen-bond donors (Lipinski definition) is 1. The fourth-order valence-electron chi connectivity index (χ4n) is 3.90. The van der Waals surface area contributed by atoms with E-state index in [4.69, 9.17) is 0 Å². The number of nitrogens with one attached hydrogen (secondary N) is 1. The number of fused-ring (bicyclic) bond motifs is 1. The monoisotopic (exact) mass is 397 g/mol. The Morgan fingerprint density at radius 2 is 1.76 bits per heavy atom. The molecule has 2 aromatic heterocycles. The van der Waals surface area contributed by atoms with E-state index in [1.165, 1.54) is 28.4 Å². The Bertz CT molecular complexity index is 1150. The Morgan fingerprint density at radius 3 is 2.45 bits per heavy atom. The molecule has 4 rings (SSSR count). The summed E-state index contributed by atoms with van der Waals surface area (Å²) in [7, 11) is 3.00. The molecule has 152 valence electrons. The summed E-state index contributed by atoms with van der Waals surface area (Å²) in [5.41, 5.74) is 0.995. The van der Waals surface area contributed by atoms with Gasteiger partial charge >= 0.3 is 5.69 Å². The van der Waals surface area contributed by atoms with Crippen LogP contribution < -0.4 is 16.1 Å². The summed E-state index contributed by atoms with van der Waals surface area (Å²) in [6, 6.07) is 10.4. The molecule has 1 aliphatic heterocycles. The van der Waals surface area contributed by atoms with E-state index in [0.717, 1.165) is 24.2 Å². The van der Waals surface area contributed by atoms with Gasteiger partial charge in [-0.15, -0.1) is 0 Å². The molecule has 1 aromatic carbocycles. The molecule has 1 saturated heterocycles. The SMILES string of the molecule is Cn1c(=O)c2c(ncn2CC(=O)N2CC[NH+](Cc3ccccc3)CC2)n(C)c1=O. The molecule has 0 bridgehead atoms. The second kappa shape index (κ2) is 7.67. The van der Waals surface area contributed by atoms with Crippen molar-refractivity contribution < 1.29 is 9.69 Å². The highest BCUT2D eigenvalue weighted by atomic mass is 16.2. The van der Waals surface area contributed by atoms with Gasteiger partial charge in [-0.3, -0.25) is 18.7 Å². The minimum atomic E-state index is -0.439. The molecule has 0 saturated carbocycles. The lowest BCUT2D eigenvalue weighted by Crippen LogP contribution is -3.13. The summed E-state index contributed by atoms with van der Waals surface area (Å²) in [6.45, 7) is 4.15. The quantitative estimate of drug-likeness (QED) is 0.572. The van der Waals surface area contributed by atoms with E-state index in [1.807, 2.05) is 23.1 Å². The average Bonchev–Trinajstić information content (AvgIpc) is 3.15. The van der Waals surface area contributed by atoms with E-state index in [0.29, 0.717) is 18.7 Å². The van der Waals surface area contributed by atoms with E-state index in [2.05, 4.69) is 17.1 Å². The van der Waals surface area contributed by atoms with E-state index < -0.39 is 11.2 Å². The number of quaternary nitrogens is 1. The lowest BCUT2D eigenvalue weighted by atomic mass is 10.2. The molecule has 0 radical (unpaired) electrons. The van der Waals surface area contributed by atoms with Gasteiger partial charge in [0, 0.05) is 19.7 Å². The zero-order chi connectivity index (χ0) is 20.5. The van der Waals surface area contributed by atoms with Gasteiger partial charge in [0.05, 0.1) is 32.5 Å². The number of rotatable bonds is 4. The van der Waals surface area contributed by atoms with Crippen LogP contribution in [0.1, 0.15) is 5.56 Å². The number of benzene rings is 1. The van der Waals surface area contributed by atoms with Gasteiger partial charge < -0.3 is 14.4 Å². The van der Waals surface area contributed by atoms with Gasteiger partial charge in [-0.2, -0.15) is 0 Å². The average molecular weight is 397 g/mol. The third kappa shape index (κ3) is 3.61. The summed E-state index contributed by atoms with van der Waals surface area (Å²) in [5.74, 6) is -0.0426. The van der Waals surface area contributed by atoms with Gasteiger partial charge in [0.1, 0.15) is 13.1 Å². The van der Waals surface area contributed by atoms with Crippen LogP contribution in [0, 0.1) is 0 Å². The van der Waals surface area contributed by atoms with Crippen LogP contribution in [0.25, 0.3) is 11.2 Å². The van der Waals surface area contributed by atoms with Crippen molar-refractivity contribution in [1.82, 2.24) is 23.6 Å². The van der Waals surface area contributed by atoms with Crippen molar-refractivity contribution in [2.75, 3.05) is 26.2 Å². The number of carbonyl (C=O) groups excluding carboxylic acids is 1. The number of aromatic nitrogens is 4. The molecule has 0 spiro atoms. The van der Waals surface area contributed by atoms with Gasteiger partial charge in [-0.05, 0) is 0 Å². The number of imidazole rings is 1. The van der Waals surface area contributed by atoms with E-state index in [-0.39, 0.29) is 18.0 Å². The first-order valence-corrected chi connectivity index (χ1v) is 9.72. The highest BCUT2D eigenvalue weighted by molar-refractivity contribution is 5.79. The van der Waals surface area contributed by atoms with Crippen LogP contribution in [-0.4, -0.2) is 55.7 Å². The highest BCUT2D eigenvalue weighted by Gasteiger charge is 2.25. The molecule has 9 nitrogen and oxygen atoms in total. The van der Waals surface area contributed by atoms with Crippen molar-refractivity contribution >= 4 is 17.1 Å². The topological polar surface area (TPSA) is 86.6 Å². The smallest absolute Gasteiger partial charge is 0.330 e. The summed E-state index contributed by atoms with van der Waals surface area (Å²) < 4.78 is 3.91. The Hall–Kier alpha value is -3.20. The maximum atomic E-state index is 12.8. The lowest BCUT2D eigenvalue weighted by molar-refractivity contribution is -0.917. The Labute approximate surface area is 167 Å². The van der Waals surface area contributed by atoms with Crippen LogP contribution in [0.2, 0.25) is 0 Å². The molecular weight excluding hydrogens is 372 g/mol. The molecule has 0 unspecified atom stereocenters. The predicted octanol–water partition coefficient (Wildman–Crippen LogP) is -1.64. The second-order valence-corrected chi connectivity index (χ2v) is 7.54. The fourth-order valence-corrected chi connectivity index (χ4v) is 3.90. The molecule has 3 heterocycles. The van der Waals surface area contributed by atoms with Crippen molar-refractivity contribution in [2.24, 2.45) is 14.1 Å². The van der Waals surface area contributed by atoms with Gasteiger partial charge in [-0.1, -0.05) is 30.3 Å². The van der Waals surface area contributed by atoms with Crippen LogP contribution in [0.4, 0.5) is 0 Å². The predicted molar refractivity (Wildman–Crippen MR) is 108 cm³/mol. The molecule has 1 aliphatic rings. The first kappa shape index (κ1) is 19.1. The van der Waals surface area contributed by atoms with Crippen molar-refractivity contribution in [3.8, 4) is 0 Å². The number of amides is 1. The van der Waals surface area contributed by atoms with Crippen LogP contribution in [-0.2, 0) is 32.0 Å². The van der Waals surface area contributed by atoms with Gasteiger partial charge in [-0.25, -0.2) is 9.78 Å². The van der Waals surface area contributed by atoms with Crippen molar-refractivity contribution in [3.05, 3.63) is 63.1 Å². The summed E-state index contributed by atoms with van der Waals surface area (Å²) in [5, 5.41) is 0. The normalized spacial score (nSPS) is 15.2. The molecule has 1 N–H and O–H groups in total. The van der Waals surface area contributed by atoms with Crippen molar-refractivity contribution in [1.29, 1.82) is 0 Å². The summed E-state index contributed by atoms with van der Waals surface area (Å²) in [4.78, 5) is 44.8. The van der Waals surface area contributed by atoms with Crippen LogP contribution in [0.5, 0.6) is 0 Å². The third-order valence-electron chi connectivity index (χ3n) is 5.64. The minimum Gasteiger partial charge on any atom is -0.330 e. The van der Waals surface area contributed by atoms with Crippen LogP contribution in [0.15, 0.2) is 46.2 Å². The minimum absolute atomic E-state index is 0.0396. The molecule has 3 aromatic rings. The molecule has 1 fully saturated rings. The highest BCUT2D eigenvalue weighted by Crippen LogP contribution is 2.06. The maximum Gasteiger partial charge on any atom is 0.332 e. The molecular formula is C20H25N6O3+. The van der Waals surface area contributed by atoms with Crippen LogP contribution in [0.3, 0.4) is 0 Å². The summed E-state index contributed by atoms with van der Waals surface area (Å²) >= 11 is 0. The van der Waals surface area contributed by atoms with E-state index in [9.17, 15) is 14.4 Å². The zero-order valence-electron chi connectivity index (χ0n) is 16.7. The Morgan fingerprint density at radius 1 is 1.07 bits per heavy atom. The van der Waals surface area contributed by atoms with Gasteiger partial charge in [0.25, 0.3) is 5.56 Å². The Kier molecular flexibility index (Phi) is 5.06. The first-order chi connectivity index (χ1) is 14.0. The number of nitrogens with zero attached hydrogens (tertiary/aromatic N) is 5. The van der Waals surface area contributed by atoms with Gasteiger partial charge in [0.15, 0.2) is 11.2 Å². The molecule has 0 atom stereocenters. The largest absolute Gasteiger partial charge is 0.332 e. The lowest BCUT2D eigenvalue weighted by Gasteiger charge is -2.32. The fraction of sp³-hybridized carbons (Fsp3) is 0.400. The maximum absolute atomic E-state index is 12.8. The van der Waals surface area contributed by atoms with Crippen LogP contribution >= 0.6 is 0 Å². The number of aryl methyl sites for hydroxylation is 1. The molecule has 0 aliphatic carbocycles. The Balaban J connectivity index is 1.44. The second-order valence-electron chi connectivity index (χ2n) is 7.54. The zero-order valence-corrected chi connectivity index (χ0v) is 16.7. The third-order valence-corrected chi connectivity index (χ3v) is 5.64. The number of piperazine rings is 1. The molecule has 1 amide bonds. The number of carbonyl (C=O) groups is 1. The molecule has 9 heteroatoms. The summed E-state index contributed by atoms with van der Waals surface area (Å²) in [6.07, 6.45) is 1.46.